The molecule has 0 atom stereocenters. The number of benzene rings is 2. The van der Waals surface area contributed by atoms with Gasteiger partial charge in [0.1, 0.15) is 27.6 Å². The summed E-state index contributed by atoms with van der Waals surface area (Å²) in [5.74, 6) is 2.11. The maximum atomic E-state index is 13.1. The van der Waals surface area contributed by atoms with E-state index < -0.39 is 0 Å². The van der Waals surface area contributed by atoms with E-state index in [9.17, 15) is 9.18 Å². The van der Waals surface area contributed by atoms with Crippen LogP contribution in [-0.2, 0) is 0 Å². The Morgan fingerprint density at radius 2 is 1.79 bits per heavy atom. The smallest absolute Gasteiger partial charge is 0.291 e. The Hall–Kier alpha value is -3.78. The molecule has 0 unspecified atom stereocenters. The van der Waals surface area contributed by atoms with Crippen LogP contribution < -0.4 is 14.8 Å². The lowest BCUT2D eigenvalue weighted by Crippen LogP contribution is -2.23. The molecule has 0 amide bonds. The fourth-order valence-corrected chi connectivity index (χ4v) is 4.42. The molecule has 0 radical (unpaired) electrons. The van der Waals surface area contributed by atoms with E-state index in [1.807, 2.05) is 24.3 Å². The predicted molar refractivity (Wildman–Crippen MR) is 130 cm³/mol. The number of fused-ring (bicyclic) bond motifs is 1. The highest BCUT2D eigenvalue weighted by Crippen LogP contribution is 2.23. The van der Waals surface area contributed by atoms with Crippen LogP contribution in [0.5, 0.6) is 5.75 Å². The summed E-state index contributed by atoms with van der Waals surface area (Å²) in [5, 5.41) is 4.40. The van der Waals surface area contributed by atoms with Crippen molar-refractivity contribution in [3.05, 3.63) is 87.1 Å². The van der Waals surface area contributed by atoms with Gasteiger partial charge in [0.2, 0.25) is 4.96 Å². The quantitative estimate of drug-likeness (QED) is 0.284. The van der Waals surface area contributed by atoms with Crippen LogP contribution in [0.1, 0.15) is 31.9 Å². The first-order valence-corrected chi connectivity index (χ1v) is 11.9. The first-order valence-electron chi connectivity index (χ1n) is 11.1. The van der Waals surface area contributed by atoms with Crippen molar-refractivity contribution in [2.45, 2.75) is 26.2 Å². The highest BCUT2D eigenvalue weighted by Gasteiger charge is 2.13. The number of thiazole rings is 1. The molecule has 0 saturated carbocycles. The Bertz CT molecular complexity index is 1520. The van der Waals surface area contributed by atoms with Crippen LogP contribution in [0.25, 0.3) is 33.7 Å². The molecule has 5 aromatic rings. The van der Waals surface area contributed by atoms with E-state index in [4.69, 9.17) is 9.15 Å². The van der Waals surface area contributed by atoms with E-state index in [1.165, 1.54) is 28.0 Å². The number of halogens is 1. The molecule has 8 heteroatoms. The molecule has 34 heavy (non-hydrogen) atoms. The number of ether oxygens (including phenoxy) is 1. The van der Waals surface area contributed by atoms with Crippen molar-refractivity contribution in [1.82, 2.24) is 14.6 Å². The zero-order valence-electron chi connectivity index (χ0n) is 18.5. The largest absolute Gasteiger partial charge is 0.494 e. The average Bonchev–Trinajstić information content (AvgIpc) is 3.55. The molecule has 0 fully saturated rings. The van der Waals surface area contributed by atoms with Crippen LogP contribution in [0.2, 0.25) is 0 Å². The standard InChI is InChI=1S/C26H22FN3O3S/c1-2-3-4-15-32-20-11-7-18(8-12-20)24-28-26-30(29-24)25(31)23(34-26)16-21-13-14-22(33-21)17-5-9-19(27)10-6-17/h5-14,16H,2-4,15H2,1H3/b23-16+. The summed E-state index contributed by atoms with van der Waals surface area (Å²) in [7, 11) is 0. The summed E-state index contributed by atoms with van der Waals surface area (Å²) < 4.78 is 26.5. The monoisotopic (exact) mass is 475 g/mol. The minimum absolute atomic E-state index is 0.255. The highest BCUT2D eigenvalue weighted by molar-refractivity contribution is 7.15. The maximum absolute atomic E-state index is 13.1. The number of hydrogen-bond donors (Lipinski definition) is 0. The first kappa shape index (κ1) is 22.0. The fraction of sp³-hybridized carbons (Fsp3) is 0.192. The molecule has 3 aromatic heterocycles. The van der Waals surface area contributed by atoms with Crippen molar-refractivity contribution in [2.75, 3.05) is 6.61 Å². The van der Waals surface area contributed by atoms with Crippen LogP contribution >= 0.6 is 11.3 Å². The van der Waals surface area contributed by atoms with Crippen LogP contribution in [0.15, 0.2) is 69.9 Å². The van der Waals surface area contributed by atoms with Crippen LogP contribution in [0.4, 0.5) is 4.39 Å². The van der Waals surface area contributed by atoms with Crippen LogP contribution in [0.3, 0.4) is 0 Å². The molecule has 0 bridgehead atoms. The van der Waals surface area contributed by atoms with Gasteiger partial charge in [0.05, 0.1) is 6.61 Å². The Kier molecular flexibility index (Phi) is 6.22. The van der Waals surface area contributed by atoms with Crippen molar-refractivity contribution in [1.29, 1.82) is 0 Å². The van der Waals surface area contributed by atoms with E-state index in [-0.39, 0.29) is 11.4 Å². The molecule has 172 valence electrons. The molecule has 5 rings (SSSR count). The summed E-state index contributed by atoms with van der Waals surface area (Å²) in [6.45, 7) is 2.86. The molecule has 0 aliphatic rings. The number of furan rings is 1. The van der Waals surface area contributed by atoms with Gasteiger partial charge in [-0.15, -0.1) is 5.10 Å². The van der Waals surface area contributed by atoms with Gasteiger partial charge in [-0.2, -0.15) is 9.50 Å². The molecular weight excluding hydrogens is 453 g/mol. The van der Waals surface area contributed by atoms with Crippen molar-refractivity contribution in [3.8, 4) is 28.5 Å². The molecule has 6 nitrogen and oxygen atoms in total. The second-order valence-electron chi connectivity index (χ2n) is 7.83. The molecule has 0 saturated heterocycles. The lowest BCUT2D eigenvalue weighted by atomic mass is 10.2. The summed E-state index contributed by atoms with van der Waals surface area (Å²) in [5.41, 5.74) is 1.32. The summed E-state index contributed by atoms with van der Waals surface area (Å²) >= 11 is 1.25. The zero-order valence-corrected chi connectivity index (χ0v) is 19.3. The number of rotatable bonds is 8. The minimum atomic E-state index is -0.307. The van der Waals surface area contributed by atoms with Crippen molar-refractivity contribution >= 4 is 22.4 Å². The van der Waals surface area contributed by atoms with Crippen molar-refractivity contribution in [2.24, 2.45) is 0 Å². The van der Waals surface area contributed by atoms with Gasteiger partial charge in [0.25, 0.3) is 5.56 Å². The minimum Gasteiger partial charge on any atom is -0.494 e. The highest BCUT2D eigenvalue weighted by atomic mass is 32.1. The molecular formula is C26H22FN3O3S. The van der Waals surface area contributed by atoms with Gasteiger partial charge in [0, 0.05) is 17.2 Å². The number of aromatic nitrogens is 3. The van der Waals surface area contributed by atoms with Gasteiger partial charge >= 0.3 is 0 Å². The van der Waals surface area contributed by atoms with Gasteiger partial charge in [-0.3, -0.25) is 4.79 Å². The second-order valence-corrected chi connectivity index (χ2v) is 8.84. The third-order valence-electron chi connectivity index (χ3n) is 5.34. The average molecular weight is 476 g/mol. The van der Waals surface area contributed by atoms with Crippen molar-refractivity contribution < 1.29 is 13.5 Å². The van der Waals surface area contributed by atoms with Crippen LogP contribution in [0, 0.1) is 5.82 Å². The van der Waals surface area contributed by atoms with E-state index in [0.717, 1.165) is 36.1 Å². The lowest BCUT2D eigenvalue weighted by molar-refractivity contribution is 0.306. The third-order valence-corrected chi connectivity index (χ3v) is 6.30. The summed E-state index contributed by atoms with van der Waals surface area (Å²) in [4.78, 5) is 17.9. The number of hydrogen-bond acceptors (Lipinski definition) is 6. The first-order chi connectivity index (χ1) is 16.6. The number of nitrogens with zero attached hydrogens (tertiary/aromatic N) is 3. The second kappa shape index (κ2) is 9.61. The lowest BCUT2D eigenvalue weighted by Gasteiger charge is -2.05. The van der Waals surface area contributed by atoms with Gasteiger partial charge in [-0.25, -0.2) is 4.39 Å². The molecule has 3 heterocycles. The molecule has 0 aliphatic carbocycles. The molecule has 2 aromatic carbocycles. The summed E-state index contributed by atoms with van der Waals surface area (Å²) in [6, 6.07) is 17.2. The van der Waals surface area contributed by atoms with Gasteiger partial charge < -0.3 is 9.15 Å². The molecule has 0 N–H and O–H groups in total. The van der Waals surface area contributed by atoms with Gasteiger partial charge in [0.15, 0.2) is 5.82 Å². The normalized spacial score (nSPS) is 12.0. The predicted octanol–water partition coefficient (Wildman–Crippen LogP) is 5.33. The van der Waals surface area contributed by atoms with Gasteiger partial charge in [-0.05, 0) is 67.1 Å². The van der Waals surface area contributed by atoms with E-state index in [0.29, 0.717) is 33.4 Å². The topological polar surface area (TPSA) is 69.6 Å². The Balaban J connectivity index is 1.35. The summed E-state index contributed by atoms with van der Waals surface area (Å²) in [6.07, 6.45) is 5.01. The SMILES string of the molecule is CCCCCOc1ccc(-c2nc3s/c(=C/c4ccc(-c5ccc(F)cc5)o4)c(=O)n3n2)cc1. The Morgan fingerprint density at radius 1 is 1.03 bits per heavy atom. The van der Waals surface area contributed by atoms with Crippen molar-refractivity contribution in [3.63, 3.8) is 0 Å². The Morgan fingerprint density at radius 3 is 2.53 bits per heavy atom. The zero-order chi connectivity index (χ0) is 23.5. The van der Waals surface area contributed by atoms with Crippen LogP contribution in [-0.4, -0.2) is 21.2 Å². The van der Waals surface area contributed by atoms with E-state index in [1.54, 1.807) is 30.3 Å². The Labute approximate surface area is 199 Å². The maximum Gasteiger partial charge on any atom is 0.291 e. The number of unbranched alkanes of at least 4 members (excludes halogenated alkanes) is 2. The molecule has 0 spiro atoms. The van der Waals surface area contributed by atoms with E-state index >= 15 is 0 Å². The fourth-order valence-electron chi connectivity index (χ4n) is 3.53. The van der Waals surface area contributed by atoms with Gasteiger partial charge in [-0.1, -0.05) is 31.1 Å². The van der Waals surface area contributed by atoms with E-state index in [2.05, 4.69) is 17.0 Å². The molecule has 0 aliphatic heterocycles. The third kappa shape index (κ3) is 4.63.